The zero-order valence-corrected chi connectivity index (χ0v) is 14.1. The Bertz CT molecular complexity index is 924. The normalized spacial score (nSPS) is 13.3. The number of pyridine rings is 1. The molecule has 0 radical (unpaired) electrons. The largest absolute Gasteiger partial charge is 0.484 e. The number of hydrogen-bond acceptors (Lipinski definition) is 6. The molecule has 4 rings (SSSR count). The van der Waals surface area contributed by atoms with Gasteiger partial charge in [0.1, 0.15) is 17.3 Å². The Kier molecular flexibility index (Phi) is 4.27. The molecular formula is C19H18N4O3. The lowest BCUT2D eigenvalue weighted by atomic mass is 10.1. The number of nitrogens with zero attached hydrogens (tertiary/aromatic N) is 3. The number of carbonyl (C=O) groups excluding carboxylic acids is 1. The SMILES string of the molecule is Nc1cc(C(=O)N2CCc3nc(COc4ccccc4)oc3C2)ccn1. The minimum absolute atomic E-state index is 0.0942. The molecule has 26 heavy (non-hydrogen) atoms. The maximum absolute atomic E-state index is 12.6. The number of amides is 1. The van der Waals surface area contributed by atoms with E-state index in [1.54, 1.807) is 17.0 Å². The summed E-state index contributed by atoms with van der Waals surface area (Å²) in [4.78, 5) is 22.8. The average Bonchev–Trinajstić information content (AvgIpc) is 3.08. The smallest absolute Gasteiger partial charge is 0.254 e. The molecular weight excluding hydrogens is 332 g/mol. The fourth-order valence-corrected chi connectivity index (χ4v) is 2.91. The van der Waals surface area contributed by atoms with Gasteiger partial charge >= 0.3 is 0 Å². The topological polar surface area (TPSA) is 94.5 Å². The lowest BCUT2D eigenvalue weighted by molar-refractivity contribution is 0.0718. The van der Waals surface area contributed by atoms with Crippen LogP contribution in [0.2, 0.25) is 0 Å². The molecule has 0 unspecified atom stereocenters. The summed E-state index contributed by atoms with van der Waals surface area (Å²) in [6, 6.07) is 12.7. The van der Waals surface area contributed by atoms with E-state index >= 15 is 0 Å². The van der Waals surface area contributed by atoms with Crippen LogP contribution in [-0.2, 0) is 19.6 Å². The number of nitrogen functional groups attached to an aromatic ring is 1. The number of oxazole rings is 1. The van der Waals surface area contributed by atoms with E-state index in [1.165, 1.54) is 6.20 Å². The van der Waals surface area contributed by atoms with E-state index in [-0.39, 0.29) is 12.5 Å². The van der Waals surface area contributed by atoms with Gasteiger partial charge in [-0.1, -0.05) is 18.2 Å². The highest BCUT2D eigenvalue weighted by molar-refractivity contribution is 5.94. The second-order valence-corrected chi connectivity index (χ2v) is 6.03. The molecule has 7 heteroatoms. The lowest BCUT2D eigenvalue weighted by Crippen LogP contribution is -2.35. The van der Waals surface area contributed by atoms with Crippen molar-refractivity contribution in [2.24, 2.45) is 0 Å². The van der Waals surface area contributed by atoms with E-state index in [9.17, 15) is 4.79 Å². The molecule has 0 saturated heterocycles. The molecule has 0 spiro atoms. The summed E-state index contributed by atoms with van der Waals surface area (Å²) < 4.78 is 11.5. The maximum atomic E-state index is 12.6. The molecule has 132 valence electrons. The summed E-state index contributed by atoms with van der Waals surface area (Å²) in [5, 5.41) is 0. The summed E-state index contributed by atoms with van der Waals surface area (Å²) in [6.45, 7) is 1.22. The molecule has 1 aliphatic heterocycles. The predicted octanol–water partition coefficient (Wildman–Crippen LogP) is 2.43. The summed E-state index contributed by atoms with van der Waals surface area (Å²) in [6.07, 6.45) is 2.18. The average molecular weight is 350 g/mol. The van der Waals surface area contributed by atoms with Crippen LogP contribution in [-0.4, -0.2) is 27.3 Å². The number of benzene rings is 1. The molecule has 0 bridgehead atoms. The zero-order chi connectivity index (χ0) is 17.9. The van der Waals surface area contributed by atoms with Crippen LogP contribution in [0.1, 0.15) is 27.7 Å². The van der Waals surface area contributed by atoms with E-state index in [1.807, 2.05) is 30.3 Å². The number of fused-ring (bicyclic) bond motifs is 1. The van der Waals surface area contributed by atoms with Crippen LogP contribution in [0.25, 0.3) is 0 Å². The van der Waals surface area contributed by atoms with Crippen molar-refractivity contribution in [2.45, 2.75) is 19.6 Å². The second kappa shape index (κ2) is 6.87. The Balaban J connectivity index is 1.44. The second-order valence-electron chi connectivity index (χ2n) is 6.03. The molecule has 2 aromatic heterocycles. The van der Waals surface area contributed by atoms with E-state index < -0.39 is 0 Å². The number of ether oxygens (including phenoxy) is 1. The highest BCUT2D eigenvalue weighted by Gasteiger charge is 2.26. The van der Waals surface area contributed by atoms with Crippen LogP contribution in [0, 0.1) is 0 Å². The van der Waals surface area contributed by atoms with Gasteiger partial charge in [0, 0.05) is 24.7 Å². The van der Waals surface area contributed by atoms with E-state index in [0.717, 1.165) is 11.4 Å². The van der Waals surface area contributed by atoms with Gasteiger partial charge in [-0.2, -0.15) is 0 Å². The first-order valence-electron chi connectivity index (χ1n) is 8.35. The first-order chi connectivity index (χ1) is 12.7. The number of nitrogens with two attached hydrogens (primary N) is 1. The van der Waals surface area contributed by atoms with Gasteiger partial charge in [-0.15, -0.1) is 0 Å². The molecule has 1 aliphatic rings. The highest BCUT2D eigenvalue weighted by atomic mass is 16.5. The molecule has 0 saturated carbocycles. The van der Waals surface area contributed by atoms with Crippen molar-refractivity contribution in [3.8, 4) is 5.75 Å². The minimum Gasteiger partial charge on any atom is -0.484 e. The maximum Gasteiger partial charge on any atom is 0.254 e. The van der Waals surface area contributed by atoms with E-state index in [0.29, 0.717) is 42.5 Å². The third kappa shape index (κ3) is 3.37. The van der Waals surface area contributed by atoms with E-state index in [2.05, 4.69) is 9.97 Å². The molecule has 1 amide bonds. The number of hydrogen-bond donors (Lipinski definition) is 1. The Labute approximate surface area is 150 Å². The Morgan fingerprint density at radius 2 is 2.12 bits per heavy atom. The fourth-order valence-electron chi connectivity index (χ4n) is 2.91. The molecule has 0 atom stereocenters. The molecule has 7 nitrogen and oxygen atoms in total. The molecule has 0 fully saturated rings. The number of para-hydroxylation sites is 1. The number of carbonyl (C=O) groups is 1. The molecule has 1 aromatic carbocycles. The van der Waals surface area contributed by atoms with Crippen molar-refractivity contribution in [3.05, 3.63) is 71.6 Å². The minimum atomic E-state index is -0.0942. The third-order valence-corrected chi connectivity index (χ3v) is 4.20. The predicted molar refractivity (Wildman–Crippen MR) is 94.4 cm³/mol. The van der Waals surface area contributed by atoms with Crippen LogP contribution >= 0.6 is 0 Å². The Morgan fingerprint density at radius 1 is 1.27 bits per heavy atom. The van der Waals surface area contributed by atoms with E-state index in [4.69, 9.17) is 14.9 Å². The van der Waals surface area contributed by atoms with Crippen LogP contribution in [0.3, 0.4) is 0 Å². The summed E-state index contributed by atoms with van der Waals surface area (Å²) >= 11 is 0. The molecule has 0 aliphatic carbocycles. The monoisotopic (exact) mass is 350 g/mol. The van der Waals surface area contributed by atoms with Gasteiger partial charge in [0.2, 0.25) is 5.89 Å². The zero-order valence-electron chi connectivity index (χ0n) is 14.1. The van der Waals surface area contributed by atoms with Crippen LogP contribution in [0.4, 0.5) is 5.82 Å². The van der Waals surface area contributed by atoms with Crippen molar-refractivity contribution >= 4 is 11.7 Å². The number of aromatic nitrogens is 2. The van der Waals surface area contributed by atoms with Crippen molar-refractivity contribution in [3.63, 3.8) is 0 Å². The molecule has 3 aromatic rings. The number of rotatable bonds is 4. The quantitative estimate of drug-likeness (QED) is 0.776. The summed E-state index contributed by atoms with van der Waals surface area (Å²) in [5.41, 5.74) is 7.07. The fraction of sp³-hybridized carbons (Fsp3) is 0.211. The van der Waals surface area contributed by atoms with Crippen molar-refractivity contribution in [2.75, 3.05) is 12.3 Å². The lowest BCUT2D eigenvalue weighted by Gasteiger charge is -2.25. The number of anilines is 1. The Morgan fingerprint density at radius 3 is 2.92 bits per heavy atom. The van der Waals surface area contributed by atoms with Crippen molar-refractivity contribution < 1.29 is 13.9 Å². The van der Waals surface area contributed by atoms with Crippen molar-refractivity contribution in [1.29, 1.82) is 0 Å². The standard InChI is InChI=1S/C19H18N4O3/c20-17-10-13(6-8-21-17)19(24)23-9-7-15-16(11-23)26-18(22-15)12-25-14-4-2-1-3-5-14/h1-6,8,10H,7,9,11-12H2,(H2,20,21). The first-order valence-corrected chi connectivity index (χ1v) is 8.35. The van der Waals surface area contributed by atoms with Gasteiger partial charge < -0.3 is 19.8 Å². The van der Waals surface area contributed by atoms with Crippen LogP contribution in [0.15, 0.2) is 53.1 Å². The van der Waals surface area contributed by atoms with Gasteiger partial charge in [-0.25, -0.2) is 9.97 Å². The van der Waals surface area contributed by atoms with Crippen LogP contribution in [0.5, 0.6) is 5.75 Å². The highest BCUT2D eigenvalue weighted by Crippen LogP contribution is 2.22. The van der Waals surface area contributed by atoms with Crippen LogP contribution < -0.4 is 10.5 Å². The summed E-state index contributed by atoms with van der Waals surface area (Å²) in [7, 11) is 0. The van der Waals surface area contributed by atoms with Gasteiger partial charge in [0.15, 0.2) is 6.61 Å². The molecule has 3 heterocycles. The van der Waals surface area contributed by atoms with Gasteiger partial charge in [0.25, 0.3) is 5.91 Å². The third-order valence-electron chi connectivity index (χ3n) is 4.20. The van der Waals surface area contributed by atoms with Gasteiger partial charge in [0.05, 0.1) is 12.2 Å². The van der Waals surface area contributed by atoms with Gasteiger partial charge in [-0.05, 0) is 24.3 Å². The Hall–Kier alpha value is -3.35. The molecule has 2 N–H and O–H groups in total. The van der Waals surface area contributed by atoms with Gasteiger partial charge in [-0.3, -0.25) is 4.79 Å². The van der Waals surface area contributed by atoms with Crippen molar-refractivity contribution in [1.82, 2.24) is 14.9 Å². The first kappa shape index (κ1) is 16.1. The summed E-state index contributed by atoms with van der Waals surface area (Å²) in [5.74, 6) is 2.21.